The van der Waals surface area contributed by atoms with E-state index in [9.17, 15) is 9.59 Å². The van der Waals surface area contributed by atoms with Gasteiger partial charge in [0.05, 0.1) is 19.9 Å². The fourth-order valence-electron chi connectivity index (χ4n) is 3.79. The third kappa shape index (κ3) is 4.38. The molecule has 1 atom stereocenters. The first-order valence-corrected chi connectivity index (χ1v) is 11.7. The van der Waals surface area contributed by atoms with Crippen LogP contribution in [0.2, 0.25) is 0 Å². The molecule has 29 heavy (non-hydrogen) atoms. The van der Waals surface area contributed by atoms with Gasteiger partial charge in [-0.25, -0.2) is 4.98 Å². The zero-order valence-corrected chi connectivity index (χ0v) is 18.3. The van der Waals surface area contributed by atoms with Crippen LogP contribution in [0.5, 0.6) is 5.75 Å². The summed E-state index contributed by atoms with van der Waals surface area (Å²) in [6.45, 7) is 5.26. The molecule has 3 heterocycles. The summed E-state index contributed by atoms with van der Waals surface area (Å²) >= 11 is 3.28. The second-order valence-corrected chi connectivity index (χ2v) is 9.55. The van der Waals surface area contributed by atoms with Crippen molar-refractivity contribution in [1.29, 1.82) is 0 Å². The van der Waals surface area contributed by atoms with Crippen LogP contribution in [-0.4, -0.2) is 47.4 Å². The lowest BCUT2D eigenvalue weighted by atomic mass is 10.1. The maximum absolute atomic E-state index is 12.8. The van der Waals surface area contributed by atoms with Crippen molar-refractivity contribution in [2.75, 3.05) is 19.7 Å². The molecule has 1 fully saturated rings. The number of carbonyl (C=O) groups is 2. The zero-order chi connectivity index (χ0) is 20.4. The molecule has 0 saturated carbocycles. The Hall–Kier alpha value is -2.19. The number of amides is 2. The maximum Gasteiger partial charge on any atom is 0.260 e. The molecule has 4 rings (SSSR count). The van der Waals surface area contributed by atoms with Crippen molar-refractivity contribution >= 4 is 54.8 Å². The fraction of sp³-hybridized carbons (Fsp3) is 0.476. The van der Waals surface area contributed by atoms with Crippen LogP contribution in [0, 0.1) is 6.92 Å². The Morgan fingerprint density at radius 3 is 3.10 bits per heavy atom. The van der Waals surface area contributed by atoms with Crippen LogP contribution in [-0.2, 0) is 9.59 Å². The first kappa shape index (κ1) is 20.1. The van der Waals surface area contributed by atoms with Crippen molar-refractivity contribution < 1.29 is 14.3 Å². The number of piperidine rings is 1. The molecular formula is C21H25N3O3S2. The summed E-state index contributed by atoms with van der Waals surface area (Å²) in [5, 5.41) is 7.10. The van der Waals surface area contributed by atoms with Gasteiger partial charge in [0.1, 0.15) is 5.75 Å². The molecule has 0 aliphatic carbocycles. The fourth-order valence-corrected chi connectivity index (χ4v) is 5.62. The largest absolute Gasteiger partial charge is 0.483 e. The molecule has 2 amide bonds. The normalized spacial score (nSPS) is 17.0. The Labute approximate surface area is 177 Å². The van der Waals surface area contributed by atoms with Crippen molar-refractivity contribution in [3.8, 4) is 5.75 Å². The van der Waals surface area contributed by atoms with E-state index in [1.807, 2.05) is 31.4 Å². The molecule has 154 valence electrons. The highest BCUT2D eigenvalue weighted by Gasteiger charge is 2.25. The van der Waals surface area contributed by atoms with E-state index >= 15 is 0 Å². The third-order valence-electron chi connectivity index (χ3n) is 5.14. The number of benzene rings is 1. The van der Waals surface area contributed by atoms with Gasteiger partial charge >= 0.3 is 0 Å². The lowest BCUT2D eigenvalue weighted by Crippen LogP contribution is -2.50. The quantitative estimate of drug-likeness (QED) is 0.638. The summed E-state index contributed by atoms with van der Waals surface area (Å²) in [6, 6.07) is 4.05. The van der Waals surface area contributed by atoms with Gasteiger partial charge in [0.15, 0.2) is 6.61 Å². The molecule has 1 N–H and O–H groups in total. The van der Waals surface area contributed by atoms with E-state index in [-0.39, 0.29) is 24.5 Å². The van der Waals surface area contributed by atoms with E-state index in [1.165, 1.54) is 0 Å². The molecule has 1 aromatic carbocycles. The van der Waals surface area contributed by atoms with Gasteiger partial charge < -0.3 is 15.0 Å². The second kappa shape index (κ2) is 8.67. The molecule has 1 aliphatic rings. The maximum atomic E-state index is 12.8. The Kier molecular flexibility index (Phi) is 6.01. The number of thiophene rings is 1. The number of thiazole rings is 1. The number of hydrogen-bond acceptors (Lipinski definition) is 6. The summed E-state index contributed by atoms with van der Waals surface area (Å²) in [5.41, 5.74) is 1.01. The first-order chi connectivity index (χ1) is 14.0. The minimum absolute atomic E-state index is 0.00384. The summed E-state index contributed by atoms with van der Waals surface area (Å²) < 4.78 is 8.15. The van der Waals surface area contributed by atoms with Gasteiger partial charge in [0.25, 0.3) is 5.91 Å². The van der Waals surface area contributed by atoms with Crippen molar-refractivity contribution in [3.63, 3.8) is 0 Å². The molecule has 0 spiro atoms. The number of nitrogens with one attached hydrogen (secondary N) is 1. The number of nitrogens with zero attached hydrogens (tertiary/aromatic N) is 2. The SMILES string of the molecule is CCCC(=O)NC1CCCN(C(=O)COc2cc3sc(C)nc3c3sccc23)C1. The first-order valence-electron chi connectivity index (χ1n) is 10.0. The Morgan fingerprint density at radius 2 is 2.28 bits per heavy atom. The lowest BCUT2D eigenvalue weighted by molar-refractivity contribution is -0.135. The number of ether oxygens (including phenoxy) is 1. The van der Waals surface area contributed by atoms with Gasteiger partial charge in [-0.2, -0.15) is 0 Å². The van der Waals surface area contributed by atoms with Crippen LogP contribution < -0.4 is 10.1 Å². The number of fused-ring (bicyclic) bond motifs is 3. The predicted molar refractivity (Wildman–Crippen MR) is 118 cm³/mol. The number of likely N-dealkylation sites (tertiary alicyclic amines) is 1. The standard InChI is InChI=1S/C21H25N3O3S2/c1-3-5-18(25)23-14-6-4-8-24(11-14)19(26)12-27-16-10-17-20(22-13(2)29-17)21-15(16)7-9-28-21/h7,9-10,14H,3-6,8,11-12H2,1-2H3,(H,23,25). The van der Waals surface area contributed by atoms with E-state index in [0.29, 0.717) is 19.5 Å². The van der Waals surface area contributed by atoms with E-state index < -0.39 is 0 Å². The van der Waals surface area contributed by atoms with E-state index in [1.54, 1.807) is 27.6 Å². The molecule has 1 saturated heterocycles. The van der Waals surface area contributed by atoms with Crippen LogP contribution >= 0.6 is 22.7 Å². The summed E-state index contributed by atoms with van der Waals surface area (Å²) in [7, 11) is 0. The molecule has 1 unspecified atom stereocenters. The molecule has 3 aromatic rings. The van der Waals surface area contributed by atoms with Gasteiger partial charge in [-0.05, 0) is 37.6 Å². The third-order valence-corrected chi connectivity index (χ3v) is 6.97. The lowest BCUT2D eigenvalue weighted by Gasteiger charge is -2.33. The molecule has 1 aliphatic heterocycles. The molecule has 8 heteroatoms. The topological polar surface area (TPSA) is 71.5 Å². The molecule has 2 aromatic heterocycles. The van der Waals surface area contributed by atoms with E-state index in [2.05, 4.69) is 10.3 Å². The van der Waals surface area contributed by atoms with Crippen molar-refractivity contribution in [2.45, 2.75) is 45.6 Å². The second-order valence-electron chi connectivity index (χ2n) is 7.40. The van der Waals surface area contributed by atoms with Gasteiger partial charge in [-0.1, -0.05) is 6.92 Å². The Balaban J connectivity index is 1.42. The van der Waals surface area contributed by atoms with E-state index in [0.717, 1.165) is 50.3 Å². The highest BCUT2D eigenvalue weighted by Crippen LogP contribution is 2.38. The zero-order valence-electron chi connectivity index (χ0n) is 16.7. The highest BCUT2D eigenvalue weighted by molar-refractivity contribution is 7.21. The average Bonchev–Trinajstić information content (AvgIpc) is 3.32. The van der Waals surface area contributed by atoms with Crippen LogP contribution in [0.1, 0.15) is 37.6 Å². The molecule has 0 bridgehead atoms. The molecular weight excluding hydrogens is 406 g/mol. The van der Waals surface area contributed by atoms with Gasteiger partial charge in [0.2, 0.25) is 5.91 Å². The average molecular weight is 432 g/mol. The van der Waals surface area contributed by atoms with E-state index in [4.69, 9.17) is 4.74 Å². The number of carbonyl (C=O) groups excluding carboxylic acids is 2. The summed E-state index contributed by atoms with van der Waals surface area (Å²) in [4.78, 5) is 31.1. The van der Waals surface area contributed by atoms with Crippen LogP contribution in [0.4, 0.5) is 0 Å². The number of rotatable bonds is 6. The number of aromatic nitrogens is 1. The predicted octanol–water partition coefficient (Wildman–Crippen LogP) is 4.11. The Bertz CT molecular complexity index is 1040. The summed E-state index contributed by atoms with van der Waals surface area (Å²) in [6.07, 6.45) is 3.17. The smallest absolute Gasteiger partial charge is 0.260 e. The van der Waals surface area contributed by atoms with Crippen LogP contribution in [0.3, 0.4) is 0 Å². The summed E-state index contributed by atoms with van der Waals surface area (Å²) in [5.74, 6) is 0.759. The van der Waals surface area contributed by atoms with Gasteiger partial charge in [-0.15, -0.1) is 22.7 Å². The van der Waals surface area contributed by atoms with Gasteiger partial charge in [-0.3, -0.25) is 9.59 Å². The minimum Gasteiger partial charge on any atom is -0.483 e. The van der Waals surface area contributed by atoms with Crippen molar-refractivity contribution in [3.05, 3.63) is 22.5 Å². The van der Waals surface area contributed by atoms with Gasteiger partial charge in [0, 0.05) is 37.0 Å². The number of aryl methyl sites for hydroxylation is 1. The highest BCUT2D eigenvalue weighted by atomic mass is 32.1. The van der Waals surface area contributed by atoms with Crippen molar-refractivity contribution in [2.24, 2.45) is 0 Å². The van der Waals surface area contributed by atoms with Crippen LogP contribution in [0.25, 0.3) is 20.3 Å². The number of hydrogen-bond donors (Lipinski definition) is 1. The van der Waals surface area contributed by atoms with Crippen molar-refractivity contribution in [1.82, 2.24) is 15.2 Å². The molecule has 0 radical (unpaired) electrons. The Morgan fingerprint density at radius 1 is 1.41 bits per heavy atom. The van der Waals surface area contributed by atoms with Crippen LogP contribution in [0.15, 0.2) is 17.5 Å². The minimum atomic E-state index is -0.0385. The monoisotopic (exact) mass is 431 g/mol. The molecule has 6 nitrogen and oxygen atoms in total.